The number of thiophene rings is 1. The summed E-state index contributed by atoms with van der Waals surface area (Å²) in [5.41, 5.74) is 1.00. The van der Waals surface area contributed by atoms with Crippen LogP contribution < -0.4 is 0 Å². The van der Waals surface area contributed by atoms with Gasteiger partial charge >= 0.3 is 0 Å². The molecule has 0 aliphatic carbocycles. The summed E-state index contributed by atoms with van der Waals surface area (Å²) in [4.78, 5) is 5.70. The lowest BCUT2D eigenvalue weighted by molar-refractivity contribution is 0.897. The normalized spacial score (nSPS) is 13.0. The number of aromatic nitrogens is 1. The molecule has 4 heteroatoms. The van der Waals surface area contributed by atoms with Crippen molar-refractivity contribution >= 4 is 34.3 Å². The summed E-state index contributed by atoms with van der Waals surface area (Å²) < 4.78 is 0. The van der Waals surface area contributed by atoms with E-state index in [-0.39, 0.29) is 5.38 Å². The molecule has 0 aliphatic rings. The summed E-state index contributed by atoms with van der Waals surface area (Å²) in [6, 6.07) is 4.16. The zero-order chi connectivity index (χ0) is 9.97. The summed E-state index contributed by atoms with van der Waals surface area (Å²) in [7, 11) is 0. The van der Waals surface area contributed by atoms with Gasteiger partial charge in [0.15, 0.2) is 0 Å². The van der Waals surface area contributed by atoms with Crippen molar-refractivity contribution < 1.29 is 0 Å². The van der Waals surface area contributed by atoms with Gasteiger partial charge in [-0.15, -0.1) is 34.3 Å². The quantitative estimate of drug-likeness (QED) is 0.742. The minimum Gasteiger partial charge on any atom is -0.245 e. The lowest BCUT2D eigenvalue weighted by Crippen LogP contribution is -1.94. The third kappa shape index (κ3) is 2.35. The predicted octanol–water partition coefficient (Wildman–Crippen LogP) is 4.04. The van der Waals surface area contributed by atoms with Crippen LogP contribution in [-0.2, 0) is 6.42 Å². The van der Waals surface area contributed by atoms with Crippen molar-refractivity contribution in [2.45, 2.75) is 18.7 Å². The van der Waals surface area contributed by atoms with Crippen molar-refractivity contribution in [1.29, 1.82) is 0 Å². The van der Waals surface area contributed by atoms with E-state index in [1.165, 1.54) is 4.88 Å². The average Bonchev–Trinajstić information content (AvgIpc) is 2.75. The van der Waals surface area contributed by atoms with Gasteiger partial charge in [-0.1, -0.05) is 6.07 Å². The molecule has 0 amide bonds. The monoisotopic (exact) mass is 243 g/mol. The van der Waals surface area contributed by atoms with E-state index in [9.17, 15) is 0 Å². The molecule has 0 saturated heterocycles. The molecule has 0 saturated carbocycles. The SMILES string of the molecule is Cc1nc(C(Cl)Cc2cccs2)cs1. The molecule has 0 N–H and O–H groups in total. The number of alkyl halides is 1. The van der Waals surface area contributed by atoms with E-state index < -0.39 is 0 Å². The second-order valence-electron chi connectivity index (χ2n) is 3.04. The Bertz CT molecular complexity index is 394. The number of hydrogen-bond acceptors (Lipinski definition) is 3. The third-order valence-electron chi connectivity index (χ3n) is 1.92. The van der Waals surface area contributed by atoms with Crippen LogP contribution in [0.4, 0.5) is 0 Å². The van der Waals surface area contributed by atoms with Gasteiger partial charge < -0.3 is 0 Å². The molecule has 1 atom stereocenters. The number of halogens is 1. The molecule has 14 heavy (non-hydrogen) atoms. The number of aryl methyl sites for hydroxylation is 1. The first kappa shape index (κ1) is 10.1. The maximum Gasteiger partial charge on any atom is 0.0897 e. The Morgan fingerprint density at radius 3 is 2.93 bits per heavy atom. The maximum atomic E-state index is 6.26. The van der Waals surface area contributed by atoms with Crippen molar-refractivity contribution in [3.05, 3.63) is 38.5 Å². The maximum absolute atomic E-state index is 6.26. The van der Waals surface area contributed by atoms with Gasteiger partial charge in [-0.2, -0.15) is 0 Å². The predicted molar refractivity (Wildman–Crippen MR) is 63.5 cm³/mol. The lowest BCUT2D eigenvalue weighted by atomic mass is 10.2. The van der Waals surface area contributed by atoms with Crippen LogP contribution in [0.2, 0.25) is 0 Å². The van der Waals surface area contributed by atoms with Gasteiger partial charge in [0.1, 0.15) is 0 Å². The van der Waals surface area contributed by atoms with Crippen LogP contribution in [0.1, 0.15) is 21.0 Å². The molecule has 1 nitrogen and oxygen atoms in total. The number of rotatable bonds is 3. The summed E-state index contributed by atoms with van der Waals surface area (Å²) in [5, 5.41) is 5.21. The lowest BCUT2D eigenvalue weighted by Gasteiger charge is -2.03. The summed E-state index contributed by atoms with van der Waals surface area (Å²) in [6.07, 6.45) is 0.877. The highest BCUT2D eigenvalue weighted by molar-refractivity contribution is 7.10. The molecular formula is C10H10ClNS2. The number of nitrogens with zero attached hydrogens (tertiary/aromatic N) is 1. The van der Waals surface area contributed by atoms with E-state index in [1.54, 1.807) is 22.7 Å². The molecule has 2 aromatic heterocycles. The summed E-state index contributed by atoms with van der Waals surface area (Å²) in [5.74, 6) is 0. The van der Waals surface area contributed by atoms with Crippen molar-refractivity contribution in [2.24, 2.45) is 0 Å². The molecule has 0 aromatic carbocycles. The second-order valence-corrected chi connectivity index (χ2v) is 5.66. The number of thiazole rings is 1. The van der Waals surface area contributed by atoms with Crippen LogP contribution in [0.3, 0.4) is 0 Å². The Balaban J connectivity index is 2.06. The van der Waals surface area contributed by atoms with Crippen LogP contribution in [0.5, 0.6) is 0 Å². The molecule has 0 spiro atoms. The summed E-state index contributed by atoms with van der Waals surface area (Å²) in [6.45, 7) is 2.00. The van der Waals surface area contributed by atoms with Crippen molar-refractivity contribution in [1.82, 2.24) is 4.98 Å². The minimum absolute atomic E-state index is 0.0126. The topological polar surface area (TPSA) is 12.9 Å². The highest BCUT2D eigenvalue weighted by Crippen LogP contribution is 2.27. The van der Waals surface area contributed by atoms with Gasteiger partial charge in [-0.05, 0) is 18.4 Å². The Kier molecular flexibility index (Phi) is 3.21. The van der Waals surface area contributed by atoms with Gasteiger partial charge in [0, 0.05) is 16.7 Å². The van der Waals surface area contributed by atoms with Crippen LogP contribution in [0, 0.1) is 6.92 Å². The van der Waals surface area contributed by atoms with E-state index in [1.807, 2.05) is 12.3 Å². The molecule has 74 valence electrons. The van der Waals surface area contributed by atoms with Crippen molar-refractivity contribution in [2.75, 3.05) is 0 Å². The Morgan fingerprint density at radius 2 is 2.36 bits per heavy atom. The largest absolute Gasteiger partial charge is 0.245 e. The van der Waals surface area contributed by atoms with Gasteiger partial charge in [-0.3, -0.25) is 0 Å². The van der Waals surface area contributed by atoms with E-state index in [2.05, 4.69) is 22.5 Å². The molecule has 0 bridgehead atoms. The molecule has 2 aromatic rings. The first-order chi connectivity index (χ1) is 6.75. The average molecular weight is 244 g/mol. The molecule has 1 unspecified atom stereocenters. The summed E-state index contributed by atoms with van der Waals surface area (Å²) >= 11 is 9.66. The Hall–Kier alpha value is -0.380. The highest BCUT2D eigenvalue weighted by Gasteiger charge is 2.12. The van der Waals surface area contributed by atoms with Crippen LogP contribution in [-0.4, -0.2) is 4.98 Å². The second kappa shape index (κ2) is 4.43. The van der Waals surface area contributed by atoms with E-state index >= 15 is 0 Å². The molecular weight excluding hydrogens is 234 g/mol. The van der Waals surface area contributed by atoms with Crippen molar-refractivity contribution in [3.8, 4) is 0 Å². The van der Waals surface area contributed by atoms with Crippen molar-refractivity contribution in [3.63, 3.8) is 0 Å². The van der Waals surface area contributed by atoms with Crippen LogP contribution in [0.15, 0.2) is 22.9 Å². The first-order valence-electron chi connectivity index (χ1n) is 4.34. The number of hydrogen-bond donors (Lipinski definition) is 0. The fourth-order valence-electron chi connectivity index (χ4n) is 1.23. The van der Waals surface area contributed by atoms with E-state index in [4.69, 9.17) is 11.6 Å². The van der Waals surface area contributed by atoms with Gasteiger partial charge in [0.05, 0.1) is 16.1 Å². The van der Waals surface area contributed by atoms with Gasteiger partial charge in [-0.25, -0.2) is 4.98 Å². The standard InChI is InChI=1S/C10H10ClNS2/c1-7-12-10(6-14-7)9(11)5-8-3-2-4-13-8/h2-4,6,9H,5H2,1H3. The molecule has 2 rings (SSSR count). The Morgan fingerprint density at radius 1 is 1.50 bits per heavy atom. The van der Waals surface area contributed by atoms with Crippen LogP contribution in [0.25, 0.3) is 0 Å². The Labute approximate surface area is 96.4 Å². The highest BCUT2D eigenvalue weighted by atomic mass is 35.5. The van der Waals surface area contributed by atoms with E-state index in [0.29, 0.717) is 0 Å². The first-order valence-corrected chi connectivity index (χ1v) is 6.54. The molecule has 0 aliphatic heterocycles. The zero-order valence-corrected chi connectivity index (χ0v) is 10.1. The molecule has 0 radical (unpaired) electrons. The van der Waals surface area contributed by atoms with Gasteiger partial charge in [0.2, 0.25) is 0 Å². The fraction of sp³-hybridized carbons (Fsp3) is 0.300. The fourth-order valence-corrected chi connectivity index (χ4v) is 3.10. The molecule has 0 fully saturated rings. The van der Waals surface area contributed by atoms with Crippen LogP contribution >= 0.6 is 34.3 Å². The zero-order valence-electron chi connectivity index (χ0n) is 7.74. The minimum atomic E-state index is 0.0126. The van der Waals surface area contributed by atoms with Gasteiger partial charge in [0.25, 0.3) is 0 Å². The molecule has 2 heterocycles. The smallest absolute Gasteiger partial charge is 0.0897 e. The third-order valence-corrected chi connectivity index (χ3v) is 3.99. The van der Waals surface area contributed by atoms with E-state index in [0.717, 1.165) is 17.1 Å².